The van der Waals surface area contributed by atoms with E-state index >= 15 is 0 Å². The van der Waals surface area contributed by atoms with Crippen LogP contribution >= 0.6 is 0 Å². The molecule has 1 N–H and O–H groups in total. The molecule has 4 rings (SSSR count). The van der Waals surface area contributed by atoms with E-state index in [1.54, 1.807) is 0 Å². The normalized spacial score (nSPS) is 14.6. The molecule has 3 aromatic carbocycles. The number of ether oxygens (including phenoxy) is 1. The van der Waals surface area contributed by atoms with Gasteiger partial charge in [0.05, 0.1) is 17.7 Å². The molecule has 39 heavy (non-hydrogen) atoms. The number of rotatable bonds is 10. The lowest BCUT2D eigenvalue weighted by Crippen LogP contribution is -2.46. The molecular formula is C31H37N3O4S. The van der Waals surface area contributed by atoms with Crippen molar-refractivity contribution in [3.63, 3.8) is 0 Å². The van der Waals surface area contributed by atoms with Gasteiger partial charge in [-0.2, -0.15) is 9.41 Å². The zero-order chi connectivity index (χ0) is 27.8. The highest BCUT2D eigenvalue weighted by molar-refractivity contribution is 7.89. The van der Waals surface area contributed by atoms with Gasteiger partial charge in [0.15, 0.2) is 0 Å². The number of amides is 1. The van der Waals surface area contributed by atoms with E-state index in [0.717, 1.165) is 48.8 Å². The first-order chi connectivity index (χ1) is 18.7. The van der Waals surface area contributed by atoms with Crippen LogP contribution in [-0.2, 0) is 21.4 Å². The number of nitrogens with zero attached hydrogens (tertiary/aromatic N) is 2. The molecule has 0 saturated heterocycles. The number of carbonyl (C=O) groups excluding carboxylic acids is 1. The van der Waals surface area contributed by atoms with Crippen LogP contribution < -0.4 is 10.2 Å². The number of nitrogens with one attached hydrogen (secondary N) is 1. The van der Waals surface area contributed by atoms with Crippen LogP contribution in [0.4, 0.5) is 0 Å². The summed E-state index contributed by atoms with van der Waals surface area (Å²) in [6.45, 7) is 5.74. The van der Waals surface area contributed by atoms with Crippen LogP contribution in [-0.4, -0.2) is 37.4 Å². The minimum atomic E-state index is -3.88. The third kappa shape index (κ3) is 7.55. The second-order valence-corrected chi connectivity index (χ2v) is 12.0. The van der Waals surface area contributed by atoms with Gasteiger partial charge in [0.1, 0.15) is 12.4 Å². The molecule has 0 heterocycles. The summed E-state index contributed by atoms with van der Waals surface area (Å²) in [5, 5.41) is 4.10. The Bertz CT molecular complexity index is 1390. The molecule has 7 nitrogen and oxygen atoms in total. The van der Waals surface area contributed by atoms with Gasteiger partial charge in [-0.15, -0.1) is 0 Å². The van der Waals surface area contributed by atoms with E-state index in [1.165, 1.54) is 10.5 Å². The van der Waals surface area contributed by atoms with Gasteiger partial charge >= 0.3 is 0 Å². The maximum Gasteiger partial charge on any atom is 0.255 e. The highest BCUT2D eigenvalue weighted by Crippen LogP contribution is 2.31. The van der Waals surface area contributed by atoms with Crippen LogP contribution in [0.1, 0.15) is 59.9 Å². The highest BCUT2D eigenvalue weighted by Gasteiger charge is 2.35. The van der Waals surface area contributed by atoms with Gasteiger partial charge in [0.2, 0.25) is 10.0 Å². The Morgan fingerprint density at radius 1 is 0.974 bits per heavy atom. The van der Waals surface area contributed by atoms with Gasteiger partial charge in [-0.1, -0.05) is 79.4 Å². The standard InChI is InChI=1S/C31H37N3O4S/c1-23-17-24(2)31(25(3)18-23)39(36,37)34(28-14-8-5-9-15-28)21-30(35)33-32-20-27-13-10-16-29(19-27)38-22-26-11-6-4-7-12-26/h4,6-7,10-13,16-20,28H,5,8-9,14-15,21-22H2,1-3H3,(H,33,35)/b32-20+. The van der Waals surface area contributed by atoms with Gasteiger partial charge in [-0.05, 0) is 68.0 Å². The van der Waals surface area contributed by atoms with Crippen molar-refractivity contribution in [2.45, 2.75) is 70.4 Å². The smallest absolute Gasteiger partial charge is 0.255 e. The monoisotopic (exact) mass is 547 g/mol. The number of hydrogen-bond donors (Lipinski definition) is 1. The molecule has 0 radical (unpaired) electrons. The first-order valence-electron chi connectivity index (χ1n) is 13.4. The van der Waals surface area contributed by atoms with Crippen molar-refractivity contribution in [3.05, 3.63) is 94.5 Å². The van der Waals surface area contributed by atoms with E-state index in [1.807, 2.05) is 87.5 Å². The predicted molar refractivity (Wildman–Crippen MR) is 154 cm³/mol. The lowest BCUT2D eigenvalue weighted by molar-refractivity contribution is -0.121. The quantitative estimate of drug-likeness (QED) is 0.262. The number of sulfonamides is 1. The Hall–Kier alpha value is -3.49. The molecule has 0 spiro atoms. The van der Waals surface area contributed by atoms with Crippen molar-refractivity contribution < 1.29 is 17.9 Å². The zero-order valence-corrected chi connectivity index (χ0v) is 23.7. The minimum Gasteiger partial charge on any atom is -0.489 e. The summed E-state index contributed by atoms with van der Waals surface area (Å²) < 4.78 is 35.1. The third-order valence-electron chi connectivity index (χ3n) is 6.96. The Labute approximate surface area is 231 Å². The summed E-state index contributed by atoms with van der Waals surface area (Å²) in [6, 6.07) is 20.8. The average Bonchev–Trinajstić information content (AvgIpc) is 2.91. The Morgan fingerprint density at radius 2 is 1.67 bits per heavy atom. The van der Waals surface area contributed by atoms with Crippen molar-refractivity contribution in [1.29, 1.82) is 0 Å². The van der Waals surface area contributed by atoms with Crippen LogP contribution in [0.25, 0.3) is 0 Å². The number of hydrazone groups is 1. The molecule has 1 fully saturated rings. The fourth-order valence-corrected chi connectivity index (χ4v) is 7.31. The molecule has 8 heteroatoms. The molecular weight excluding hydrogens is 510 g/mol. The van der Waals surface area contributed by atoms with Gasteiger partial charge < -0.3 is 4.74 Å². The molecule has 0 unspecified atom stereocenters. The van der Waals surface area contributed by atoms with Gasteiger partial charge in [-0.3, -0.25) is 4.79 Å². The van der Waals surface area contributed by atoms with Crippen molar-refractivity contribution in [1.82, 2.24) is 9.73 Å². The second-order valence-electron chi connectivity index (χ2n) is 10.2. The maximum absolute atomic E-state index is 13.9. The first kappa shape index (κ1) is 28.5. The fraction of sp³-hybridized carbons (Fsp3) is 0.355. The molecule has 0 aliphatic heterocycles. The van der Waals surface area contributed by atoms with E-state index in [9.17, 15) is 13.2 Å². The van der Waals surface area contributed by atoms with Crippen LogP contribution in [0, 0.1) is 20.8 Å². The minimum absolute atomic E-state index is 0.211. The first-order valence-corrected chi connectivity index (χ1v) is 14.9. The Morgan fingerprint density at radius 3 is 2.36 bits per heavy atom. The summed E-state index contributed by atoms with van der Waals surface area (Å²) in [7, 11) is -3.88. The molecule has 1 aliphatic carbocycles. The molecule has 1 aliphatic rings. The van der Waals surface area contributed by atoms with Crippen molar-refractivity contribution in [3.8, 4) is 5.75 Å². The van der Waals surface area contributed by atoms with Crippen LogP contribution in [0.3, 0.4) is 0 Å². The summed E-state index contributed by atoms with van der Waals surface area (Å²) in [4.78, 5) is 13.3. The van der Waals surface area contributed by atoms with Gasteiger partial charge in [0.25, 0.3) is 5.91 Å². The van der Waals surface area contributed by atoms with E-state index in [-0.39, 0.29) is 12.6 Å². The molecule has 3 aromatic rings. The van der Waals surface area contributed by atoms with E-state index in [0.29, 0.717) is 28.4 Å². The Balaban J connectivity index is 1.45. The highest BCUT2D eigenvalue weighted by atomic mass is 32.2. The predicted octanol–water partition coefficient (Wildman–Crippen LogP) is 5.66. The summed E-state index contributed by atoms with van der Waals surface area (Å²) in [6.07, 6.45) is 6.00. The topological polar surface area (TPSA) is 88.1 Å². The number of benzene rings is 3. The zero-order valence-electron chi connectivity index (χ0n) is 22.9. The average molecular weight is 548 g/mol. The summed E-state index contributed by atoms with van der Waals surface area (Å²) in [5.74, 6) is 0.215. The molecule has 1 amide bonds. The third-order valence-corrected chi connectivity index (χ3v) is 9.17. The lowest BCUT2D eigenvalue weighted by Gasteiger charge is -2.33. The number of aryl methyl sites for hydroxylation is 3. The van der Waals surface area contributed by atoms with Crippen molar-refractivity contribution in [2.24, 2.45) is 5.10 Å². The van der Waals surface area contributed by atoms with E-state index < -0.39 is 15.9 Å². The summed E-state index contributed by atoms with van der Waals surface area (Å²) >= 11 is 0. The summed E-state index contributed by atoms with van der Waals surface area (Å²) in [5.41, 5.74) is 6.74. The SMILES string of the molecule is Cc1cc(C)c(S(=O)(=O)N(CC(=O)N/N=C/c2cccc(OCc3ccccc3)c2)C2CCCCC2)c(C)c1. The number of hydrogen-bond acceptors (Lipinski definition) is 5. The lowest BCUT2D eigenvalue weighted by atomic mass is 9.95. The number of carbonyl (C=O) groups is 1. The van der Waals surface area contributed by atoms with Crippen LogP contribution in [0.5, 0.6) is 5.75 Å². The van der Waals surface area contributed by atoms with E-state index in [4.69, 9.17) is 4.74 Å². The molecule has 206 valence electrons. The fourth-order valence-electron chi connectivity index (χ4n) is 5.25. The molecule has 1 saturated carbocycles. The van der Waals surface area contributed by atoms with Crippen LogP contribution in [0.15, 0.2) is 76.7 Å². The molecule has 0 atom stereocenters. The Kier molecular flexibility index (Phi) is 9.54. The molecule has 0 aromatic heterocycles. The van der Waals surface area contributed by atoms with Crippen molar-refractivity contribution >= 4 is 22.1 Å². The largest absolute Gasteiger partial charge is 0.489 e. The maximum atomic E-state index is 13.9. The molecule has 0 bridgehead atoms. The van der Waals surface area contributed by atoms with Crippen molar-refractivity contribution in [2.75, 3.05) is 6.54 Å². The van der Waals surface area contributed by atoms with Crippen LogP contribution in [0.2, 0.25) is 0 Å². The van der Waals surface area contributed by atoms with Gasteiger partial charge in [-0.25, -0.2) is 13.8 Å². The second kappa shape index (κ2) is 13.0. The van der Waals surface area contributed by atoms with Gasteiger partial charge in [0, 0.05) is 6.04 Å². The van der Waals surface area contributed by atoms with E-state index in [2.05, 4.69) is 10.5 Å².